The van der Waals surface area contributed by atoms with Gasteiger partial charge in [-0.2, -0.15) is 5.26 Å². The number of rotatable bonds is 2. The van der Waals surface area contributed by atoms with Gasteiger partial charge in [0, 0.05) is 16.0 Å². The fourth-order valence-corrected chi connectivity index (χ4v) is 2.24. The minimum absolute atomic E-state index is 0.163. The highest BCUT2D eigenvalue weighted by atomic mass is 35.5. The summed E-state index contributed by atoms with van der Waals surface area (Å²) < 4.78 is 5.38. The fourth-order valence-electron chi connectivity index (χ4n) is 2.11. The Labute approximate surface area is 121 Å². The molecule has 0 fully saturated rings. The van der Waals surface area contributed by atoms with E-state index in [9.17, 15) is 0 Å². The van der Waals surface area contributed by atoms with Crippen molar-refractivity contribution in [3.63, 3.8) is 0 Å². The van der Waals surface area contributed by atoms with Crippen molar-refractivity contribution in [1.82, 2.24) is 5.16 Å². The van der Waals surface area contributed by atoms with E-state index in [1.807, 2.05) is 49.4 Å². The quantitative estimate of drug-likeness (QED) is 0.680. The molecule has 3 rings (SSSR count). The first-order valence-electron chi connectivity index (χ1n) is 6.24. The lowest BCUT2D eigenvalue weighted by Crippen LogP contribution is -1.88. The second-order valence-corrected chi connectivity index (χ2v) is 5.08. The van der Waals surface area contributed by atoms with Gasteiger partial charge in [0.2, 0.25) is 0 Å². The second kappa shape index (κ2) is 4.99. The molecule has 0 aliphatic carbocycles. The third-order valence-corrected chi connectivity index (χ3v) is 3.56. The average molecular weight is 283 g/mol. The molecule has 1 aromatic heterocycles. The Morgan fingerprint density at radius 1 is 1.20 bits per heavy atom. The Kier molecular flexibility index (Phi) is 3.17. The van der Waals surface area contributed by atoms with Gasteiger partial charge in [-0.05, 0) is 36.8 Å². The summed E-state index contributed by atoms with van der Waals surface area (Å²) in [5, 5.41) is 14.7. The highest BCUT2D eigenvalue weighted by Gasteiger charge is 2.12. The molecule has 0 radical (unpaired) electrons. The van der Waals surface area contributed by atoms with E-state index in [1.165, 1.54) is 0 Å². The van der Waals surface area contributed by atoms with Crippen LogP contribution in [0.1, 0.15) is 18.4 Å². The van der Waals surface area contributed by atoms with E-state index in [0.717, 1.165) is 22.2 Å². The number of benzene rings is 2. The van der Waals surface area contributed by atoms with Gasteiger partial charge in [-0.3, -0.25) is 0 Å². The van der Waals surface area contributed by atoms with Crippen molar-refractivity contribution in [3.05, 3.63) is 53.1 Å². The lowest BCUT2D eigenvalue weighted by Gasteiger charge is -2.01. The summed E-state index contributed by atoms with van der Waals surface area (Å²) in [6.45, 7) is 1.86. The van der Waals surface area contributed by atoms with E-state index in [2.05, 4.69) is 11.2 Å². The molecule has 0 amide bonds. The third kappa shape index (κ3) is 2.15. The second-order valence-electron chi connectivity index (χ2n) is 4.64. The SMILES string of the molecule is CC(C#N)c1ccc2c(-c3ccc(Cl)cc3)noc2c1. The molecule has 3 nitrogen and oxygen atoms in total. The molecule has 0 saturated heterocycles. The van der Waals surface area contributed by atoms with Gasteiger partial charge < -0.3 is 4.52 Å². The van der Waals surface area contributed by atoms with Gasteiger partial charge >= 0.3 is 0 Å². The first-order chi connectivity index (χ1) is 9.69. The fraction of sp³-hybridized carbons (Fsp3) is 0.125. The van der Waals surface area contributed by atoms with Gasteiger partial charge in [0.05, 0.1) is 12.0 Å². The van der Waals surface area contributed by atoms with Crippen LogP contribution in [0.4, 0.5) is 0 Å². The molecule has 1 heterocycles. The summed E-state index contributed by atoms with van der Waals surface area (Å²) in [5.74, 6) is -0.163. The number of fused-ring (bicyclic) bond motifs is 1. The molecule has 0 saturated carbocycles. The van der Waals surface area contributed by atoms with Gasteiger partial charge in [-0.25, -0.2) is 0 Å². The summed E-state index contributed by atoms with van der Waals surface area (Å²) in [5.41, 5.74) is 3.36. The predicted molar refractivity (Wildman–Crippen MR) is 78.5 cm³/mol. The normalized spacial score (nSPS) is 12.2. The zero-order valence-corrected chi connectivity index (χ0v) is 11.6. The average Bonchev–Trinajstić information content (AvgIpc) is 2.90. The Balaban J connectivity index is 2.11. The number of nitrogens with zero attached hydrogens (tertiary/aromatic N) is 2. The molecule has 20 heavy (non-hydrogen) atoms. The zero-order valence-electron chi connectivity index (χ0n) is 10.8. The Morgan fingerprint density at radius 2 is 1.95 bits per heavy atom. The minimum Gasteiger partial charge on any atom is -0.356 e. The maximum absolute atomic E-state index is 8.96. The number of hydrogen-bond donors (Lipinski definition) is 0. The molecule has 4 heteroatoms. The van der Waals surface area contributed by atoms with Crippen LogP contribution in [0.2, 0.25) is 5.02 Å². The van der Waals surface area contributed by atoms with E-state index in [1.54, 1.807) is 0 Å². The van der Waals surface area contributed by atoms with Crippen LogP contribution in [-0.2, 0) is 0 Å². The van der Waals surface area contributed by atoms with Crippen molar-refractivity contribution in [2.24, 2.45) is 0 Å². The molecule has 1 unspecified atom stereocenters. The van der Waals surface area contributed by atoms with E-state index < -0.39 is 0 Å². The molecule has 1 atom stereocenters. The summed E-state index contributed by atoms with van der Waals surface area (Å²) in [6.07, 6.45) is 0. The topological polar surface area (TPSA) is 49.8 Å². The van der Waals surface area contributed by atoms with Crippen LogP contribution in [-0.4, -0.2) is 5.16 Å². The molecule has 0 aliphatic rings. The van der Waals surface area contributed by atoms with Crippen LogP contribution in [0.3, 0.4) is 0 Å². The van der Waals surface area contributed by atoms with E-state index >= 15 is 0 Å². The summed E-state index contributed by atoms with van der Waals surface area (Å²) in [7, 11) is 0. The summed E-state index contributed by atoms with van der Waals surface area (Å²) >= 11 is 5.89. The predicted octanol–water partition coefficient (Wildman–Crippen LogP) is 4.78. The van der Waals surface area contributed by atoms with Gasteiger partial charge in [0.15, 0.2) is 5.58 Å². The molecule has 0 aliphatic heterocycles. The molecular formula is C16H11ClN2O. The van der Waals surface area contributed by atoms with Gasteiger partial charge in [0.1, 0.15) is 5.69 Å². The molecule has 3 aromatic rings. The molecule has 0 spiro atoms. The van der Waals surface area contributed by atoms with Crippen LogP contribution in [0.15, 0.2) is 47.0 Å². The lowest BCUT2D eigenvalue weighted by molar-refractivity contribution is 0.459. The van der Waals surface area contributed by atoms with Gasteiger partial charge in [-0.1, -0.05) is 35.0 Å². The number of hydrogen-bond acceptors (Lipinski definition) is 3. The number of nitriles is 1. The smallest absolute Gasteiger partial charge is 0.167 e. The maximum Gasteiger partial charge on any atom is 0.167 e. The first kappa shape index (κ1) is 12.7. The third-order valence-electron chi connectivity index (χ3n) is 3.31. The Morgan fingerprint density at radius 3 is 2.65 bits per heavy atom. The number of aromatic nitrogens is 1. The van der Waals surface area contributed by atoms with E-state index in [0.29, 0.717) is 10.6 Å². The molecule has 2 aromatic carbocycles. The van der Waals surface area contributed by atoms with E-state index in [-0.39, 0.29) is 5.92 Å². The van der Waals surface area contributed by atoms with Gasteiger partial charge in [0.25, 0.3) is 0 Å². The van der Waals surface area contributed by atoms with Crippen molar-refractivity contribution in [2.75, 3.05) is 0 Å². The molecular weight excluding hydrogens is 272 g/mol. The highest BCUT2D eigenvalue weighted by Crippen LogP contribution is 2.30. The van der Waals surface area contributed by atoms with Crippen LogP contribution in [0.25, 0.3) is 22.2 Å². The minimum atomic E-state index is -0.163. The standard InChI is InChI=1S/C16H11ClN2O/c1-10(9-18)12-4-7-14-15(8-12)20-19-16(14)11-2-5-13(17)6-3-11/h2-8,10H,1H3. The van der Waals surface area contributed by atoms with Crippen molar-refractivity contribution < 1.29 is 4.52 Å². The Hall–Kier alpha value is -2.31. The summed E-state index contributed by atoms with van der Waals surface area (Å²) in [4.78, 5) is 0. The Bertz CT molecular complexity index is 799. The van der Waals surface area contributed by atoms with Crippen LogP contribution in [0, 0.1) is 11.3 Å². The molecule has 0 bridgehead atoms. The van der Waals surface area contributed by atoms with Crippen molar-refractivity contribution in [3.8, 4) is 17.3 Å². The van der Waals surface area contributed by atoms with Gasteiger partial charge in [-0.15, -0.1) is 0 Å². The van der Waals surface area contributed by atoms with Crippen LogP contribution >= 0.6 is 11.6 Å². The van der Waals surface area contributed by atoms with Crippen molar-refractivity contribution >= 4 is 22.6 Å². The molecule has 0 N–H and O–H groups in total. The monoisotopic (exact) mass is 282 g/mol. The highest BCUT2D eigenvalue weighted by molar-refractivity contribution is 6.30. The van der Waals surface area contributed by atoms with E-state index in [4.69, 9.17) is 21.4 Å². The summed E-state index contributed by atoms with van der Waals surface area (Å²) in [6, 6.07) is 15.4. The molecule has 98 valence electrons. The lowest BCUT2D eigenvalue weighted by atomic mass is 10.0. The maximum atomic E-state index is 8.96. The van der Waals surface area contributed by atoms with Crippen molar-refractivity contribution in [2.45, 2.75) is 12.8 Å². The zero-order chi connectivity index (χ0) is 14.1. The largest absolute Gasteiger partial charge is 0.356 e. The van der Waals surface area contributed by atoms with Crippen LogP contribution < -0.4 is 0 Å². The van der Waals surface area contributed by atoms with Crippen molar-refractivity contribution in [1.29, 1.82) is 5.26 Å². The van der Waals surface area contributed by atoms with Crippen LogP contribution in [0.5, 0.6) is 0 Å². The number of halogens is 1. The first-order valence-corrected chi connectivity index (χ1v) is 6.61.